The third kappa shape index (κ3) is 4.43. The van der Waals surface area contributed by atoms with Gasteiger partial charge in [0.05, 0.1) is 24.5 Å². The summed E-state index contributed by atoms with van der Waals surface area (Å²) in [6.45, 7) is 5.38. The van der Waals surface area contributed by atoms with Gasteiger partial charge < -0.3 is 10.1 Å². The zero-order valence-corrected chi connectivity index (χ0v) is 14.0. The van der Waals surface area contributed by atoms with Crippen molar-refractivity contribution in [2.24, 2.45) is 0 Å². The van der Waals surface area contributed by atoms with Gasteiger partial charge in [-0.1, -0.05) is 37.3 Å². The molecule has 2 N–H and O–H groups in total. The van der Waals surface area contributed by atoms with Crippen LogP contribution in [0.1, 0.15) is 23.9 Å². The number of aromatic amines is 1. The number of amides is 1. The number of rotatable bonds is 6. The van der Waals surface area contributed by atoms with Gasteiger partial charge in [-0.15, -0.1) is 0 Å². The van der Waals surface area contributed by atoms with Crippen molar-refractivity contribution in [3.05, 3.63) is 53.3 Å². The Morgan fingerprint density at radius 2 is 2.25 bits per heavy atom. The van der Waals surface area contributed by atoms with Gasteiger partial charge in [-0.25, -0.2) is 0 Å². The van der Waals surface area contributed by atoms with E-state index in [2.05, 4.69) is 39.5 Å². The molecule has 3 rings (SSSR count). The molecule has 0 bridgehead atoms. The fourth-order valence-corrected chi connectivity index (χ4v) is 2.82. The zero-order valence-electron chi connectivity index (χ0n) is 14.0. The number of hydrogen-bond donors (Lipinski definition) is 2. The largest absolute Gasteiger partial charge is 0.366 e. The quantitative estimate of drug-likeness (QED) is 0.843. The number of H-pyrrole nitrogens is 1. The molecule has 1 atom stereocenters. The summed E-state index contributed by atoms with van der Waals surface area (Å²) in [5, 5.41) is 10.0. The van der Waals surface area contributed by atoms with Crippen LogP contribution < -0.4 is 5.32 Å². The molecule has 2 heterocycles. The Morgan fingerprint density at radius 3 is 3.00 bits per heavy atom. The number of nitrogens with one attached hydrogen (secondary N) is 2. The Balaban J connectivity index is 1.49. The van der Waals surface area contributed by atoms with E-state index in [-0.39, 0.29) is 5.91 Å². The van der Waals surface area contributed by atoms with Crippen molar-refractivity contribution in [3.63, 3.8) is 0 Å². The molecule has 128 valence electrons. The summed E-state index contributed by atoms with van der Waals surface area (Å²) in [4.78, 5) is 14.6. The average molecular weight is 328 g/mol. The summed E-state index contributed by atoms with van der Waals surface area (Å²) in [7, 11) is 0. The number of aromatic nitrogens is 2. The maximum absolute atomic E-state index is 12.3. The molecule has 1 aliphatic heterocycles. The third-order valence-corrected chi connectivity index (χ3v) is 4.19. The van der Waals surface area contributed by atoms with Gasteiger partial charge in [0.2, 0.25) is 0 Å². The second kappa shape index (κ2) is 8.08. The standard InChI is InChI=1S/C18H24N4O2/c1-2-15-10-16(21-20-15)11-19-18(23)17-13-22(8-9-24-17)12-14-6-4-3-5-7-14/h3-7,10,17H,2,8-9,11-13H2,1H3,(H,19,23)(H,20,21)/t17-/m0/s1. The zero-order chi connectivity index (χ0) is 16.8. The first-order valence-corrected chi connectivity index (χ1v) is 8.43. The molecule has 24 heavy (non-hydrogen) atoms. The molecule has 0 unspecified atom stereocenters. The molecule has 6 nitrogen and oxygen atoms in total. The molecule has 1 aliphatic rings. The van der Waals surface area contributed by atoms with Crippen molar-refractivity contribution in [2.45, 2.75) is 32.5 Å². The van der Waals surface area contributed by atoms with Crippen molar-refractivity contribution in [3.8, 4) is 0 Å². The van der Waals surface area contributed by atoms with E-state index in [0.717, 1.165) is 30.9 Å². The van der Waals surface area contributed by atoms with Gasteiger partial charge in [0.15, 0.2) is 0 Å². The topological polar surface area (TPSA) is 70.2 Å². The Labute approximate surface area is 142 Å². The predicted molar refractivity (Wildman–Crippen MR) is 91.3 cm³/mol. The van der Waals surface area contributed by atoms with Crippen molar-refractivity contribution >= 4 is 5.91 Å². The van der Waals surface area contributed by atoms with Gasteiger partial charge in [-0.3, -0.25) is 14.8 Å². The molecule has 1 amide bonds. The molecule has 2 aromatic rings. The van der Waals surface area contributed by atoms with Crippen LogP contribution in [0, 0.1) is 0 Å². The second-order valence-corrected chi connectivity index (χ2v) is 6.04. The maximum atomic E-state index is 12.3. The lowest BCUT2D eigenvalue weighted by Crippen LogP contribution is -2.49. The first kappa shape index (κ1) is 16.7. The van der Waals surface area contributed by atoms with Crippen LogP contribution >= 0.6 is 0 Å². The molecule has 1 fully saturated rings. The van der Waals surface area contributed by atoms with Crippen LogP contribution in [0.15, 0.2) is 36.4 Å². The van der Waals surface area contributed by atoms with Gasteiger partial charge in [0, 0.05) is 19.6 Å². The van der Waals surface area contributed by atoms with Crippen molar-refractivity contribution in [2.75, 3.05) is 19.7 Å². The number of carbonyl (C=O) groups excluding carboxylic acids is 1. The van der Waals surface area contributed by atoms with Crippen molar-refractivity contribution < 1.29 is 9.53 Å². The van der Waals surface area contributed by atoms with E-state index in [1.807, 2.05) is 24.3 Å². The van der Waals surface area contributed by atoms with E-state index in [1.54, 1.807) is 0 Å². The van der Waals surface area contributed by atoms with Gasteiger partial charge >= 0.3 is 0 Å². The molecular formula is C18H24N4O2. The maximum Gasteiger partial charge on any atom is 0.250 e. The average Bonchev–Trinajstić information content (AvgIpc) is 3.09. The van der Waals surface area contributed by atoms with E-state index in [4.69, 9.17) is 4.74 Å². The fourth-order valence-electron chi connectivity index (χ4n) is 2.82. The lowest BCUT2D eigenvalue weighted by Gasteiger charge is -2.32. The fraction of sp³-hybridized carbons (Fsp3) is 0.444. The first-order chi connectivity index (χ1) is 11.7. The van der Waals surface area contributed by atoms with Crippen LogP contribution in [0.4, 0.5) is 0 Å². The lowest BCUT2D eigenvalue weighted by atomic mass is 10.2. The van der Waals surface area contributed by atoms with Crippen LogP contribution in [-0.4, -0.2) is 46.8 Å². The Morgan fingerprint density at radius 1 is 1.42 bits per heavy atom. The highest BCUT2D eigenvalue weighted by atomic mass is 16.5. The predicted octanol–water partition coefficient (Wildman–Crippen LogP) is 1.49. The Kier molecular flexibility index (Phi) is 5.61. The Hall–Kier alpha value is -2.18. The summed E-state index contributed by atoms with van der Waals surface area (Å²) < 4.78 is 5.64. The van der Waals surface area contributed by atoms with Gasteiger partial charge in [0.25, 0.3) is 5.91 Å². The summed E-state index contributed by atoms with van der Waals surface area (Å²) in [5.41, 5.74) is 3.17. The van der Waals surface area contributed by atoms with Gasteiger partial charge in [0.1, 0.15) is 6.10 Å². The monoisotopic (exact) mass is 328 g/mol. The summed E-state index contributed by atoms with van der Waals surface area (Å²) >= 11 is 0. The minimum Gasteiger partial charge on any atom is -0.366 e. The lowest BCUT2D eigenvalue weighted by molar-refractivity contribution is -0.139. The van der Waals surface area contributed by atoms with Crippen LogP contribution in [0.25, 0.3) is 0 Å². The first-order valence-electron chi connectivity index (χ1n) is 8.43. The van der Waals surface area contributed by atoms with Crippen molar-refractivity contribution in [1.29, 1.82) is 0 Å². The van der Waals surface area contributed by atoms with E-state index >= 15 is 0 Å². The number of morpholine rings is 1. The Bertz CT molecular complexity index is 656. The summed E-state index contributed by atoms with van der Waals surface area (Å²) in [6.07, 6.45) is 0.459. The normalized spacial score (nSPS) is 18.5. The van der Waals surface area contributed by atoms with Crippen LogP contribution in [0.2, 0.25) is 0 Å². The molecular weight excluding hydrogens is 304 g/mol. The molecule has 1 saturated heterocycles. The van der Waals surface area contributed by atoms with Crippen LogP contribution in [0.3, 0.4) is 0 Å². The minimum absolute atomic E-state index is 0.0691. The second-order valence-electron chi connectivity index (χ2n) is 6.04. The number of hydrogen-bond acceptors (Lipinski definition) is 4. The molecule has 0 radical (unpaired) electrons. The van der Waals surface area contributed by atoms with Crippen molar-refractivity contribution in [1.82, 2.24) is 20.4 Å². The SMILES string of the molecule is CCc1cc(CNC(=O)[C@@H]2CN(Cc3ccccc3)CCO2)[nH]n1. The van der Waals surface area contributed by atoms with Crippen LogP contribution in [0.5, 0.6) is 0 Å². The van der Waals surface area contributed by atoms with E-state index in [9.17, 15) is 4.79 Å². The van der Waals surface area contributed by atoms with E-state index < -0.39 is 6.10 Å². The molecule has 6 heteroatoms. The molecule has 0 aliphatic carbocycles. The molecule has 0 spiro atoms. The van der Waals surface area contributed by atoms with Crippen LogP contribution in [-0.2, 0) is 29.0 Å². The molecule has 0 saturated carbocycles. The van der Waals surface area contributed by atoms with E-state index in [1.165, 1.54) is 5.56 Å². The minimum atomic E-state index is -0.420. The highest BCUT2D eigenvalue weighted by Gasteiger charge is 2.26. The number of ether oxygens (including phenoxy) is 1. The highest BCUT2D eigenvalue weighted by Crippen LogP contribution is 2.11. The number of benzene rings is 1. The summed E-state index contributed by atoms with van der Waals surface area (Å²) in [6, 6.07) is 12.3. The third-order valence-electron chi connectivity index (χ3n) is 4.19. The number of aryl methyl sites for hydroxylation is 1. The molecule has 1 aromatic heterocycles. The number of carbonyl (C=O) groups is 1. The van der Waals surface area contributed by atoms with Gasteiger partial charge in [-0.05, 0) is 18.1 Å². The van der Waals surface area contributed by atoms with E-state index in [0.29, 0.717) is 19.7 Å². The number of nitrogens with zero attached hydrogens (tertiary/aromatic N) is 2. The highest BCUT2D eigenvalue weighted by molar-refractivity contribution is 5.81. The summed E-state index contributed by atoms with van der Waals surface area (Å²) in [5.74, 6) is -0.0691. The molecule has 1 aromatic carbocycles. The van der Waals surface area contributed by atoms with Gasteiger partial charge in [-0.2, -0.15) is 5.10 Å². The smallest absolute Gasteiger partial charge is 0.250 e.